The van der Waals surface area contributed by atoms with E-state index in [1.807, 2.05) is 18.2 Å². The Bertz CT molecular complexity index is 367. The molecule has 1 saturated heterocycles. The van der Waals surface area contributed by atoms with Gasteiger partial charge in [0.25, 0.3) is 0 Å². The maximum Gasteiger partial charge on any atom is 0.409 e. The summed E-state index contributed by atoms with van der Waals surface area (Å²) < 4.78 is 4.88. The van der Waals surface area contributed by atoms with Crippen LogP contribution in [0.4, 0.5) is 4.79 Å². The molecular weight excluding hydrogens is 216 g/mol. The number of cyclic esters (lactones) is 1. The van der Waals surface area contributed by atoms with E-state index < -0.39 is 0 Å². The number of hydrogen-bond donors (Lipinski definition) is 0. The molecule has 0 bridgehead atoms. The van der Waals surface area contributed by atoms with Crippen LogP contribution in [0.2, 0.25) is 0 Å². The van der Waals surface area contributed by atoms with Gasteiger partial charge in [0.1, 0.15) is 6.61 Å². The second kappa shape index (κ2) is 5.68. The number of amides is 1. The van der Waals surface area contributed by atoms with Crippen LogP contribution in [0.25, 0.3) is 0 Å². The van der Waals surface area contributed by atoms with E-state index in [2.05, 4.69) is 24.1 Å². The van der Waals surface area contributed by atoms with Crippen LogP contribution in [0.5, 0.6) is 0 Å². The van der Waals surface area contributed by atoms with E-state index in [9.17, 15) is 4.79 Å². The molecule has 0 unspecified atom stereocenters. The van der Waals surface area contributed by atoms with Crippen LogP contribution in [-0.4, -0.2) is 49.2 Å². The van der Waals surface area contributed by atoms with Crippen molar-refractivity contribution in [1.29, 1.82) is 0 Å². The van der Waals surface area contributed by atoms with Gasteiger partial charge in [0.15, 0.2) is 0 Å². The monoisotopic (exact) mass is 234 g/mol. The molecule has 1 aliphatic heterocycles. The van der Waals surface area contributed by atoms with Crippen molar-refractivity contribution in [2.45, 2.75) is 6.54 Å². The quantitative estimate of drug-likeness (QED) is 0.775. The molecule has 4 nitrogen and oxygen atoms in total. The third kappa shape index (κ3) is 3.46. The predicted octanol–water partition coefficient (Wildman–Crippen LogP) is 1.57. The molecule has 17 heavy (non-hydrogen) atoms. The topological polar surface area (TPSA) is 32.8 Å². The molecule has 0 aromatic heterocycles. The molecule has 0 atom stereocenters. The maximum absolute atomic E-state index is 11.2. The lowest BCUT2D eigenvalue weighted by atomic mass is 10.2. The molecule has 1 aromatic carbocycles. The van der Waals surface area contributed by atoms with Crippen LogP contribution < -0.4 is 0 Å². The van der Waals surface area contributed by atoms with Crippen LogP contribution in [0.3, 0.4) is 0 Å². The Morgan fingerprint density at radius 1 is 1.35 bits per heavy atom. The lowest BCUT2D eigenvalue weighted by molar-refractivity contribution is 0.155. The molecular formula is C13H18N2O2. The molecule has 1 aliphatic rings. The van der Waals surface area contributed by atoms with Crippen molar-refractivity contribution in [3.05, 3.63) is 35.9 Å². The highest BCUT2D eigenvalue weighted by atomic mass is 16.6. The maximum atomic E-state index is 11.2. The number of benzene rings is 1. The van der Waals surface area contributed by atoms with Gasteiger partial charge in [0, 0.05) is 19.6 Å². The first-order chi connectivity index (χ1) is 8.25. The Morgan fingerprint density at radius 2 is 2.12 bits per heavy atom. The fourth-order valence-corrected chi connectivity index (χ4v) is 1.89. The third-order valence-corrected chi connectivity index (χ3v) is 2.89. The van der Waals surface area contributed by atoms with Crippen molar-refractivity contribution in [2.24, 2.45) is 0 Å². The molecule has 1 aromatic rings. The van der Waals surface area contributed by atoms with Crippen molar-refractivity contribution < 1.29 is 9.53 Å². The summed E-state index contributed by atoms with van der Waals surface area (Å²) in [6.07, 6.45) is -0.182. The van der Waals surface area contributed by atoms with Gasteiger partial charge in [0.2, 0.25) is 0 Å². The first kappa shape index (κ1) is 11.9. The Kier molecular flexibility index (Phi) is 3.98. The molecule has 0 saturated carbocycles. The lowest BCUT2D eigenvalue weighted by Gasteiger charge is -2.20. The van der Waals surface area contributed by atoms with Crippen LogP contribution in [0.1, 0.15) is 5.56 Å². The summed E-state index contributed by atoms with van der Waals surface area (Å²) in [6, 6.07) is 10.3. The Labute approximate surface area is 102 Å². The van der Waals surface area contributed by atoms with Crippen molar-refractivity contribution in [2.75, 3.05) is 33.3 Å². The van der Waals surface area contributed by atoms with Gasteiger partial charge in [-0.2, -0.15) is 0 Å². The number of nitrogens with zero attached hydrogens (tertiary/aromatic N) is 2. The van der Waals surface area contributed by atoms with Gasteiger partial charge in [-0.3, -0.25) is 0 Å². The zero-order valence-corrected chi connectivity index (χ0v) is 10.1. The standard InChI is InChI=1S/C13H18N2O2/c1-14(11-12-5-3-2-4-6-12)7-8-15-9-10-17-13(15)16/h2-6H,7-11H2,1H3. The summed E-state index contributed by atoms with van der Waals surface area (Å²) in [4.78, 5) is 15.2. The predicted molar refractivity (Wildman–Crippen MR) is 65.7 cm³/mol. The van der Waals surface area contributed by atoms with E-state index in [4.69, 9.17) is 4.74 Å². The minimum atomic E-state index is -0.182. The van der Waals surface area contributed by atoms with Gasteiger partial charge in [-0.05, 0) is 12.6 Å². The Hall–Kier alpha value is -1.55. The highest BCUT2D eigenvalue weighted by Crippen LogP contribution is 2.05. The molecule has 1 amide bonds. The molecule has 2 rings (SSSR count). The van der Waals surface area contributed by atoms with Crippen LogP contribution in [0.15, 0.2) is 30.3 Å². The molecule has 0 aliphatic carbocycles. The summed E-state index contributed by atoms with van der Waals surface area (Å²) in [5, 5.41) is 0. The van der Waals surface area contributed by atoms with Crippen molar-refractivity contribution in [3.8, 4) is 0 Å². The highest BCUT2D eigenvalue weighted by Gasteiger charge is 2.21. The van der Waals surface area contributed by atoms with Crippen molar-refractivity contribution in [3.63, 3.8) is 0 Å². The highest BCUT2D eigenvalue weighted by molar-refractivity contribution is 5.69. The summed E-state index contributed by atoms with van der Waals surface area (Å²) >= 11 is 0. The molecule has 1 fully saturated rings. The molecule has 4 heteroatoms. The lowest BCUT2D eigenvalue weighted by Crippen LogP contribution is -2.33. The normalized spacial score (nSPS) is 15.4. The van der Waals surface area contributed by atoms with E-state index in [0.29, 0.717) is 6.61 Å². The van der Waals surface area contributed by atoms with Gasteiger partial charge in [-0.25, -0.2) is 4.79 Å². The van der Waals surface area contributed by atoms with E-state index >= 15 is 0 Å². The number of likely N-dealkylation sites (N-methyl/N-ethyl adjacent to an activating group) is 1. The largest absolute Gasteiger partial charge is 0.448 e. The van der Waals surface area contributed by atoms with Crippen molar-refractivity contribution >= 4 is 6.09 Å². The molecule has 1 heterocycles. The van der Waals surface area contributed by atoms with E-state index in [1.165, 1.54) is 5.56 Å². The van der Waals surface area contributed by atoms with Gasteiger partial charge < -0.3 is 14.5 Å². The molecule has 0 radical (unpaired) electrons. The molecule has 92 valence electrons. The zero-order chi connectivity index (χ0) is 12.1. The van der Waals surface area contributed by atoms with Crippen LogP contribution in [-0.2, 0) is 11.3 Å². The SMILES string of the molecule is CN(CCN1CCOC1=O)Cc1ccccc1. The number of carbonyl (C=O) groups excluding carboxylic acids is 1. The second-order valence-corrected chi connectivity index (χ2v) is 4.32. The van der Waals surface area contributed by atoms with Gasteiger partial charge in [-0.15, -0.1) is 0 Å². The Morgan fingerprint density at radius 3 is 2.76 bits per heavy atom. The summed E-state index contributed by atoms with van der Waals surface area (Å²) in [7, 11) is 2.06. The third-order valence-electron chi connectivity index (χ3n) is 2.89. The zero-order valence-electron chi connectivity index (χ0n) is 10.1. The first-order valence-corrected chi connectivity index (χ1v) is 5.90. The average molecular weight is 234 g/mol. The number of hydrogen-bond acceptors (Lipinski definition) is 3. The van der Waals surface area contributed by atoms with Gasteiger partial charge >= 0.3 is 6.09 Å². The molecule has 0 spiro atoms. The van der Waals surface area contributed by atoms with Gasteiger partial charge in [0.05, 0.1) is 6.54 Å². The summed E-state index contributed by atoms with van der Waals surface area (Å²) in [6.45, 7) is 3.76. The van der Waals surface area contributed by atoms with Crippen molar-refractivity contribution in [1.82, 2.24) is 9.80 Å². The minimum absolute atomic E-state index is 0.182. The number of rotatable bonds is 5. The van der Waals surface area contributed by atoms with E-state index in [-0.39, 0.29) is 6.09 Å². The second-order valence-electron chi connectivity index (χ2n) is 4.32. The summed E-state index contributed by atoms with van der Waals surface area (Å²) in [5.41, 5.74) is 1.29. The van der Waals surface area contributed by atoms with Crippen LogP contribution >= 0.6 is 0 Å². The number of carbonyl (C=O) groups is 1. The smallest absolute Gasteiger partial charge is 0.409 e. The fraction of sp³-hybridized carbons (Fsp3) is 0.462. The van der Waals surface area contributed by atoms with Crippen LogP contribution in [0, 0.1) is 0 Å². The fourth-order valence-electron chi connectivity index (χ4n) is 1.89. The minimum Gasteiger partial charge on any atom is -0.448 e. The van der Waals surface area contributed by atoms with E-state index in [0.717, 1.165) is 26.2 Å². The molecule has 0 N–H and O–H groups in total. The van der Waals surface area contributed by atoms with Gasteiger partial charge in [-0.1, -0.05) is 30.3 Å². The summed E-state index contributed by atoms with van der Waals surface area (Å²) in [5.74, 6) is 0. The first-order valence-electron chi connectivity index (χ1n) is 5.90. The average Bonchev–Trinajstić information content (AvgIpc) is 2.74. The Balaban J connectivity index is 1.74. The number of ether oxygens (including phenoxy) is 1. The van der Waals surface area contributed by atoms with E-state index in [1.54, 1.807) is 4.90 Å².